The molecule has 3 rings (SSSR count). The fraction of sp³-hybridized carbons (Fsp3) is 0.526. The Bertz CT molecular complexity index is 896. The second-order valence-electron chi connectivity index (χ2n) is 7.18. The number of imide groups is 1. The van der Waals surface area contributed by atoms with E-state index in [0.717, 1.165) is 36.6 Å². The molecule has 9 heteroatoms. The second-order valence-corrected chi connectivity index (χ2v) is 8.82. The van der Waals surface area contributed by atoms with Gasteiger partial charge in [-0.15, -0.1) is 0 Å². The summed E-state index contributed by atoms with van der Waals surface area (Å²) in [5, 5.41) is 2.31. The van der Waals surface area contributed by atoms with Crippen LogP contribution in [0.4, 0.5) is 0 Å². The monoisotopic (exact) mass is 408 g/mol. The number of fused-ring (bicyclic) bond motifs is 1. The largest absolute Gasteiger partial charge is 0.322 e. The number of aryl methyl sites for hydroxylation is 1. The van der Waals surface area contributed by atoms with Gasteiger partial charge < -0.3 is 4.90 Å². The number of nitrogens with zero attached hydrogens (tertiary/aromatic N) is 1. The minimum Gasteiger partial charge on any atom is -0.322 e. The molecule has 2 aliphatic heterocycles. The summed E-state index contributed by atoms with van der Waals surface area (Å²) in [6.45, 7) is 0.543. The van der Waals surface area contributed by atoms with Crippen molar-refractivity contribution in [1.29, 1.82) is 0 Å². The average Bonchev–Trinajstić information content (AvgIpc) is 2.95. The second kappa shape index (κ2) is 8.40. The van der Waals surface area contributed by atoms with Crippen LogP contribution in [0.15, 0.2) is 18.2 Å². The molecule has 1 unspecified atom stereocenters. The number of rotatable bonds is 8. The van der Waals surface area contributed by atoms with E-state index in [1.54, 1.807) is 11.0 Å². The molecular weight excluding hydrogens is 384 g/mol. The van der Waals surface area contributed by atoms with Gasteiger partial charge >= 0.3 is 0 Å². The summed E-state index contributed by atoms with van der Waals surface area (Å²) in [4.78, 5) is 37.8. The zero-order chi connectivity index (χ0) is 20.3. The lowest BCUT2D eigenvalue weighted by atomic mass is 9.98. The number of piperidine rings is 1. The summed E-state index contributed by atoms with van der Waals surface area (Å²) in [6.07, 6.45) is 4.67. The molecule has 3 amide bonds. The van der Waals surface area contributed by atoms with Gasteiger partial charge in [0.1, 0.15) is 6.04 Å². The summed E-state index contributed by atoms with van der Waals surface area (Å²) in [7, 11) is -3.40. The minimum absolute atomic E-state index is 0.173. The molecule has 0 spiro atoms. The Morgan fingerprint density at radius 2 is 1.96 bits per heavy atom. The van der Waals surface area contributed by atoms with E-state index < -0.39 is 22.1 Å². The minimum atomic E-state index is -3.40. The van der Waals surface area contributed by atoms with Crippen LogP contribution in [-0.4, -0.2) is 49.9 Å². The Morgan fingerprint density at radius 3 is 2.68 bits per heavy atom. The maximum Gasteiger partial charge on any atom is 0.264 e. The standard InChI is InChI=1S/C19H24N2O6S/c1-28(25,26)27-11-4-2-3-6-13-7-5-8-14-15(13)12-21(19(14)24)16-9-10-17(22)20-18(16)23/h5,7-8,16H,2-4,6,9-12H2,1H3,(H,20,22,23). The highest BCUT2D eigenvalue weighted by Gasteiger charge is 2.39. The molecule has 1 atom stereocenters. The number of hydrogen-bond acceptors (Lipinski definition) is 6. The van der Waals surface area contributed by atoms with Crippen LogP contribution in [-0.2, 0) is 36.9 Å². The Hall–Kier alpha value is -2.26. The molecule has 1 N–H and O–H groups in total. The van der Waals surface area contributed by atoms with Gasteiger partial charge in [0.05, 0.1) is 12.9 Å². The smallest absolute Gasteiger partial charge is 0.264 e. The Morgan fingerprint density at radius 1 is 1.18 bits per heavy atom. The van der Waals surface area contributed by atoms with Gasteiger partial charge in [0, 0.05) is 18.5 Å². The van der Waals surface area contributed by atoms with Gasteiger partial charge in [-0.2, -0.15) is 8.42 Å². The third-order valence-corrected chi connectivity index (χ3v) is 5.66. The maximum atomic E-state index is 12.8. The molecule has 0 saturated carbocycles. The van der Waals surface area contributed by atoms with Crippen molar-refractivity contribution in [1.82, 2.24) is 10.2 Å². The van der Waals surface area contributed by atoms with Crippen molar-refractivity contribution >= 4 is 27.8 Å². The number of carbonyl (C=O) groups is 3. The average molecular weight is 408 g/mol. The Kier molecular flexibility index (Phi) is 6.14. The zero-order valence-corrected chi connectivity index (χ0v) is 16.6. The highest BCUT2D eigenvalue weighted by Crippen LogP contribution is 2.30. The molecule has 2 aliphatic rings. The highest BCUT2D eigenvalue weighted by molar-refractivity contribution is 7.85. The lowest BCUT2D eigenvalue weighted by molar-refractivity contribution is -0.136. The molecule has 0 radical (unpaired) electrons. The quantitative estimate of drug-likeness (QED) is 0.392. The van der Waals surface area contributed by atoms with E-state index in [2.05, 4.69) is 5.32 Å². The van der Waals surface area contributed by atoms with Crippen molar-refractivity contribution in [2.24, 2.45) is 0 Å². The van der Waals surface area contributed by atoms with Crippen molar-refractivity contribution in [2.75, 3.05) is 12.9 Å². The summed E-state index contributed by atoms with van der Waals surface area (Å²) in [5.74, 6) is -0.885. The Labute approximate surface area is 164 Å². The number of benzene rings is 1. The number of hydrogen-bond donors (Lipinski definition) is 1. The van der Waals surface area contributed by atoms with Crippen LogP contribution in [0.2, 0.25) is 0 Å². The fourth-order valence-corrected chi connectivity index (χ4v) is 4.11. The first-order valence-corrected chi connectivity index (χ1v) is 11.2. The first-order chi connectivity index (χ1) is 13.3. The van der Waals surface area contributed by atoms with E-state index in [1.807, 2.05) is 12.1 Å². The van der Waals surface area contributed by atoms with Crippen LogP contribution in [0.3, 0.4) is 0 Å². The third-order valence-electron chi connectivity index (χ3n) is 5.07. The fourth-order valence-electron chi connectivity index (χ4n) is 3.69. The van der Waals surface area contributed by atoms with Crippen LogP contribution in [0.1, 0.15) is 53.6 Å². The Balaban J connectivity index is 1.59. The molecule has 1 aromatic rings. The predicted octanol–water partition coefficient (Wildman–Crippen LogP) is 1.14. The summed E-state index contributed by atoms with van der Waals surface area (Å²) in [6, 6.07) is 4.98. The van der Waals surface area contributed by atoms with Crippen molar-refractivity contribution in [3.63, 3.8) is 0 Å². The number of unbranched alkanes of at least 4 members (excludes halogenated alkanes) is 2. The van der Waals surface area contributed by atoms with Gasteiger partial charge in [0.15, 0.2) is 0 Å². The van der Waals surface area contributed by atoms with Gasteiger partial charge in [-0.05, 0) is 42.9 Å². The van der Waals surface area contributed by atoms with Crippen LogP contribution in [0, 0.1) is 0 Å². The van der Waals surface area contributed by atoms with Crippen molar-refractivity contribution < 1.29 is 27.0 Å². The molecule has 152 valence electrons. The summed E-state index contributed by atoms with van der Waals surface area (Å²) >= 11 is 0. The van der Waals surface area contributed by atoms with Gasteiger partial charge in [-0.3, -0.25) is 23.9 Å². The topological polar surface area (TPSA) is 110 Å². The van der Waals surface area contributed by atoms with Gasteiger partial charge in [0.25, 0.3) is 16.0 Å². The predicted molar refractivity (Wildman–Crippen MR) is 101 cm³/mol. The van der Waals surface area contributed by atoms with Crippen molar-refractivity contribution in [2.45, 2.75) is 51.1 Å². The van der Waals surface area contributed by atoms with Crippen LogP contribution in [0.25, 0.3) is 0 Å². The zero-order valence-electron chi connectivity index (χ0n) is 15.8. The van der Waals surface area contributed by atoms with E-state index in [1.165, 1.54) is 0 Å². The first kappa shape index (κ1) is 20.5. The van der Waals surface area contributed by atoms with Crippen LogP contribution < -0.4 is 5.32 Å². The van der Waals surface area contributed by atoms with E-state index >= 15 is 0 Å². The molecule has 28 heavy (non-hydrogen) atoms. The van der Waals surface area contributed by atoms with E-state index in [-0.39, 0.29) is 24.8 Å². The number of nitrogens with one attached hydrogen (secondary N) is 1. The molecular formula is C19H24N2O6S. The first-order valence-electron chi connectivity index (χ1n) is 9.36. The highest BCUT2D eigenvalue weighted by atomic mass is 32.2. The molecule has 1 aromatic carbocycles. The molecule has 0 bridgehead atoms. The number of carbonyl (C=O) groups excluding carboxylic acids is 3. The van der Waals surface area contributed by atoms with Gasteiger partial charge in [0.2, 0.25) is 11.8 Å². The molecule has 0 aromatic heterocycles. The SMILES string of the molecule is CS(=O)(=O)OCCCCCc1cccc2c1CN(C1CCC(=O)NC1=O)C2=O. The molecule has 1 fully saturated rings. The van der Waals surface area contributed by atoms with Crippen molar-refractivity contribution in [3.8, 4) is 0 Å². The van der Waals surface area contributed by atoms with Crippen LogP contribution >= 0.6 is 0 Å². The van der Waals surface area contributed by atoms with E-state index in [9.17, 15) is 22.8 Å². The van der Waals surface area contributed by atoms with Crippen molar-refractivity contribution in [3.05, 3.63) is 34.9 Å². The molecule has 8 nitrogen and oxygen atoms in total. The summed E-state index contributed by atoms with van der Waals surface area (Å²) < 4.78 is 26.6. The molecule has 2 heterocycles. The van der Waals surface area contributed by atoms with E-state index in [0.29, 0.717) is 24.9 Å². The molecule has 1 saturated heterocycles. The third kappa shape index (κ3) is 4.77. The summed E-state index contributed by atoms with van der Waals surface area (Å²) in [5.41, 5.74) is 2.61. The van der Waals surface area contributed by atoms with Gasteiger partial charge in [-0.25, -0.2) is 0 Å². The number of amides is 3. The molecule has 0 aliphatic carbocycles. The van der Waals surface area contributed by atoms with Gasteiger partial charge in [-0.1, -0.05) is 18.6 Å². The lowest BCUT2D eigenvalue weighted by Gasteiger charge is -2.29. The normalized spacial score (nSPS) is 19.7. The maximum absolute atomic E-state index is 12.8. The lowest BCUT2D eigenvalue weighted by Crippen LogP contribution is -2.52. The van der Waals surface area contributed by atoms with Crippen LogP contribution in [0.5, 0.6) is 0 Å². The van der Waals surface area contributed by atoms with E-state index in [4.69, 9.17) is 4.18 Å².